The highest BCUT2D eigenvalue weighted by atomic mass is 16.5. The summed E-state index contributed by atoms with van der Waals surface area (Å²) in [6.07, 6.45) is 5.28. The number of aromatic nitrogens is 1. The molecular formula is C29H30N4O4. The van der Waals surface area contributed by atoms with Gasteiger partial charge in [0.25, 0.3) is 0 Å². The van der Waals surface area contributed by atoms with E-state index >= 15 is 0 Å². The molecule has 8 heteroatoms. The topological polar surface area (TPSA) is 80.0 Å². The van der Waals surface area contributed by atoms with E-state index in [2.05, 4.69) is 16.8 Å². The molecule has 0 saturated heterocycles. The van der Waals surface area contributed by atoms with Crippen LogP contribution in [0.2, 0.25) is 0 Å². The number of unbranched alkanes of at least 4 members (excludes halogenated alkanes) is 1. The number of benzene rings is 2. The monoisotopic (exact) mass is 498 g/mol. The van der Waals surface area contributed by atoms with Crippen LogP contribution in [-0.4, -0.2) is 41.6 Å². The summed E-state index contributed by atoms with van der Waals surface area (Å²) in [5.74, 6) is 1.17. The summed E-state index contributed by atoms with van der Waals surface area (Å²) in [6, 6.07) is 21.8. The number of anilines is 2. The summed E-state index contributed by atoms with van der Waals surface area (Å²) < 4.78 is 13.1. The van der Waals surface area contributed by atoms with E-state index in [1.165, 1.54) is 0 Å². The maximum atomic E-state index is 14.0. The van der Waals surface area contributed by atoms with Gasteiger partial charge in [-0.1, -0.05) is 25.5 Å². The van der Waals surface area contributed by atoms with Gasteiger partial charge in [-0.05, 0) is 67.1 Å². The van der Waals surface area contributed by atoms with Crippen molar-refractivity contribution in [1.82, 2.24) is 9.47 Å². The molecule has 2 aromatic heterocycles. The van der Waals surface area contributed by atoms with Crippen molar-refractivity contribution in [3.05, 3.63) is 96.7 Å². The Labute approximate surface area is 216 Å². The fourth-order valence-corrected chi connectivity index (χ4v) is 4.70. The molecule has 0 saturated carbocycles. The van der Waals surface area contributed by atoms with Crippen LogP contribution in [0.3, 0.4) is 0 Å². The number of rotatable bonds is 8. The van der Waals surface area contributed by atoms with E-state index in [-0.39, 0.29) is 18.5 Å². The molecule has 190 valence electrons. The third kappa shape index (κ3) is 4.82. The van der Waals surface area contributed by atoms with Crippen molar-refractivity contribution in [3.63, 3.8) is 0 Å². The van der Waals surface area contributed by atoms with Gasteiger partial charge in [-0.15, -0.1) is 0 Å². The number of hydrogen-bond acceptors (Lipinski definition) is 4. The minimum atomic E-state index is -0.454. The quantitative estimate of drug-likeness (QED) is 0.331. The molecule has 4 aromatic rings. The van der Waals surface area contributed by atoms with E-state index in [1.807, 2.05) is 54.7 Å². The second kappa shape index (κ2) is 10.7. The number of urea groups is 1. The van der Waals surface area contributed by atoms with Gasteiger partial charge in [-0.25, -0.2) is 4.79 Å². The summed E-state index contributed by atoms with van der Waals surface area (Å²) in [5, 5.41) is 2.92. The lowest BCUT2D eigenvalue weighted by Gasteiger charge is -2.38. The number of hydrogen-bond donors (Lipinski definition) is 1. The minimum Gasteiger partial charge on any atom is -0.497 e. The fourth-order valence-electron chi connectivity index (χ4n) is 4.70. The number of ether oxygens (including phenoxy) is 1. The second-order valence-electron chi connectivity index (χ2n) is 8.91. The predicted octanol–water partition coefficient (Wildman–Crippen LogP) is 5.85. The molecule has 3 heterocycles. The molecule has 0 spiro atoms. The molecule has 1 aliphatic heterocycles. The smallest absolute Gasteiger partial charge is 0.322 e. The number of fused-ring (bicyclic) bond motifs is 3. The Morgan fingerprint density at radius 3 is 2.49 bits per heavy atom. The van der Waals surface area contributed by atoms with Gasteiger partial charge in [0, 0.05) is 18.4 Å². The van der Waals surface area contributed by atoms with Crippen LogP contribution < -0.4 is 15.0 Å². The molecule has 1 unspecified atom stereocenters. The van der Waals surface area contributed by atoms with Gasteiger partial charge in [0.1, 0.15) is 24.1 Å². The molecule has 1 N–H and O–H groups in total. The molecule has 37 heavy (non-hydrogen) atoms. The standard InChI is InChI=1S/C29H30N4O4/c1-3-4-17-31(29(35)30-21-13-15-22(36-2)16-14-21)20-27(34)33-24-10-6-5-9-23(24)32-18-7-11-25(32)28(33)26-12-8-19-37-26/h5-16,18-19,28H,3-4,17,20H2,1-2H3,(H,30,35). The fraction of sp³-hybridized carbons (Fsp3) is 0.241. The SMILES string of the molecule is CCCCN(CC(=O)N1c2ccccc2-n2cccc2C1c1ccco1)C(=O)Nc1ccc(OC)cc1. The third-order valence-electron chi connectivity index (χ3n) is 6.54. The number of amides is 3. The predicted molar refractivity (Wildman–Crippen MR) is 142 cm³/mol. The maximum absolute atomic E-state index is 14.0. The molecule has 1 aliphatic rings. The van der Waals surface area contributed by atoms with E-state index < -0.39 is 6.04 Å². The normalized spacial score (nSPS) is 14.0. The Morgan fingerprint density at radius 2 is 1.78 bits per heavy atom. The molecule has 0 bridgehead atoms. The summed E-state index contributed by atoms with van der Waals surface area (Å²) in [6.45, 7) is 2.44. The highest BCUT2D eigenvalue weighted by Gasteiger charge is 2.38. The zero-order valence-corrected chi connectivity index (χ0v) is 21.0. The van der Waals surface area contributed by atoms with Crippen molar-refractivity contribution in [3.8, 4) is 11.4 Å². The number of carbonyl (C=O) groups is 2. The summed E-state index contributed by atoms with van der Waals surface area (Å²) >= 11 is 0. The van der Waals surface area contributed by atoms with E-state index in [9.17, 15) is 9.59 Å². The highest BCUT2D eigenvalue weighted by Crippen LogP contribution is 2.42. The van der Waals surface area contributed by atoms with Crippen molar-refractivity contribution >= 4 is 23.3 Å². The van der Waals surface area contributed by atoms with Crippen LogP contribution in [0, 0.1) is 0 Å². The number of nitrogens with zero attached hydrogens (tertiary/aromatic N) is 3. The van der Waals surface area contributed by atoms with Crippen molar-refractivity contribution in [2.24, 2.45) is 0 Å². The largest absolute Gasteiger partial charge is 0.497 e. The van der Waals surface area contributed by atoms with Crippen LogP contribution in [0.25, 0.3) is 5.69 Å². The van der Waals surface area contributed by atoms with Crippen LogP contribution in [0.5, 0.6) is 5.75 Å². The number of nitrogens with one attached hydrogen (secondary N) is 1. The van der Waals surface area contributed by atoms with Gasteiger partial charge in [0.15, 0.2) is 0 Å². The Hall–Kier alpha value is -4.46. The van der Waals surface area contributed by atoms with E-state index in [1.54, 1.807) is 47.4 Å². The van der Waals surface area contributed by atoms with Crippen LogP contribution in [0.1, 0.15) is 37.3 Å². The van der Waals surface area contributed by atoms with Crippen molar-refractivity contribution < 1.29 is 18.7 Å². The van der Waals surface area contributed by atoms with Gasteiger partial charge in [-0.2, -0.15) is 0 Å². The van der Waals surface area contributed by atoms with E-state index in [0.29, 0.717) is 23.7 Å². The summed E-state index contributed by atoms with van der Waals surface area (Å²) in [4.78, 5) is 30.7. The molecule has 2 aromatic carbocycles. The highest BCUT2D eigenvalue weighted by molar-refractivity contribution is 6.01. The lowest BCUT2D eigenvalue weighted by atomic mass is 10.0. The summed E-state index contributed by atoms with van der Waals surface area (Å²) in [5.41, 5.74) is 3.23. The lowest BCUT2D eigenvalue weighted by Crippen LogP contribution is -2.47. The van der Waals surface area contributed by atoms with Crippen LogP contribution in [0.4, 0.5) is 16.2 Å². The number of carbonyl (C=O) groups excluding carboxylic acids is 2. The first-order valence-corrected chi connectivity index (χ1v) is 12.4. The molecular weight excluding hydrogens is 468 g/mol. The Bertz CT molecular complexity index is 1360. The lowest BCUT2D eigenvalue weighted by molar-refractivity contribution is -0.119. The van der Waals surface area contributed by atoms with Crippen molar-refractivity contribution in [2.75, 3.05) is 30.4 Å². The molecule has 0 fully saturated rings. The molecule has 0 radical (unpaired) electrons. The van der Waals surface area contributed by atoms with Gasteiger partial charge in [-0.3, -0.25) is 9.69 Å². The molecule has 5 rings (SSSR count). The zero-order valence-electron chi connectivity index (χ0n) is 21.0. The Balaban J connectivity index is 1.45. The third-order valence-corrected chi connectivity index (χ3v) is 6.54. The van der Waals surface area contributed by atoms with Gasteiger partial charge >= 0.3 is 6.03 Å². The maximum Gasteiger partial charge on any atom is 0.322 e. The van der Waals surface area contributed by atoms with Crippen LogP contribution in [-0.2, 0) is 4.79 Å². The average molecular weight is 499 g/mol. The van der Waals surface area contributed by atoms with E-state index in [0.717, 1.165) is 29.9 Å². The first kappa shape index (κ1) is 24.2. The number of furan rings is 1. The molecule has 3 amide bonds. The van der Waals surface area contributed by atoms with Crippen LogP contribution >= 0.6 is 0 Å². The number of para-hydroxylation sites is 2. The molecule has 8 nitrogen and oxygen atoms in total. The Kier molecular flexibility index (Phi) is 6.98. The molecule has 0 aliphatic carbocycles. The van der Waals surface area contributed by atoms with Crippen molar-refractivity contribution in [2.45, 2.75) is 25.8 Å². The van der Waals surface area contributed by atoms with E-state index in [4.69, 9.17) is 9.15 Å². The first-order chi connectivity index (χ1) is 18.1. The Morgan fingerprint density at radius 1 is 1.00 bits per heavy atom. The van der Waals surface area contributed by atoms with Gasteiger partial charge in [0.05, 0.1) is 30.4 Å². The van der Waals surface area contributed by atoms with Crippen LogP contribution in [0.15, 0.2) is 89.7 Å². The van der Waals surface area contributed by atoms with Gasteiger partial charge < -0.3 is 23.9 Å². The van der Waals surface area contributed by atoms with Crippen molar-refractivity contribution in [1.29, 1.82) is 0 Å². The molecule has 1 atom stereocenters. The zero-order chi connectivity index (χ0) is 25.8. The number of methoxy groups -OCH3 is 1. The first-order valence-electron chi connectivity index (χ1n) is 12.4. The summed E-state index contributed by atoms with van der Waals surface area (Å²) in [7, 11) is 1.59. The average Bonchev–Trinajstić information content (AvgIpc) is 3.63. The minimum absolute atomic E-state index is 0.0752. The van der Waals surface area contributed by atoms with Gasteiger partial charge in [0.2, 0.25) is 5.91 Å². The second-order valence-corrected chi connectivity index (χ2v) is 8.91.